The van der Waals surface area contributed by atoms with E-state index in [0.717, 1.165) is 6.26 Å². The number of carbonyl (C=O) groups is 2. The standard InChI is InChI=1S/C9H15NO5S2/c1-17(14,15)6-8(11)10-2-3-16-5-7(10)4-9(12)13/h7H,2-6H2,1H3,(H,12,13). The number of hydrogen-bond acceptors (Lipinski definition) is 5. The first-order chi connectivity index (χ1) is 7.79. The lowest BCUT2D eigenvalue weighted by Crippen LogP contribution is -2.49. The summed E-state index contributed by atoms with van der Waals surface area (Å²) in [6, 6.07) is -0.402. The fourth-order valence-electron chi connectivity index (χ4n) is 1.66. The Labute approximate surface area is 104 Å². The van der Waals surface area contributed by atoms with Crippen LogP contribution in [0.1, 0.15) is 6.42 Å². The van der Waals surface area contributed by atoms with Crippen LogP contribution in [0.15, 0.2) is 0 Å². The molecule has 1 saturated heterocycles. The zero-order valence-corrected chi connectivity index (χ0v) is 11.1. The van der Waals surface area contributed by atoms with Crippen molar-refractivity contribution in [3.63, 3.8) is 0 Å². The summed E-state index contributed by atoms with van der Waals surface area (Å²) < 4.78 is 22.1. The molecule has 1 unspecified atom stereocenters. The highest BCUT2D eigenvalue weighted by Crippen LogP contribution is 2.19. The summed E-state index contributed by atoms with van der Waals surface area (Å²) in [6.07, 6.45) is 0.859. The summed E-state index contributed by atoms with van der Waals surface area (Å²) in [7, 11) is -3.37. The summed E-state index contributed by atoms with van der Waals surface area (Å²) >= 11 is 1.58. The van der Waals surface area contributed by atoms with Crippen molar-refractivity contribution >= 4 is 33.5 Å². The van der Waals surface area contributed by atoms with Gasteiger partial charge >= 0.3 is 5.97 Å². The van der Waals surface area contributed by atoms with Crippen LogP contribution in [0.5, 0.6) is 0 Å². The Bertz CT molecular complexity index is 406. The van der Waals surface area contributed by atoms with Gasteiger partial charge in [-0.3, -0.25) is 9.59 Å². The molecule has 1 atom stereocenters. The first-order valence-corrected chi connectivity index (χ1v) is 8.28. The highest BCUT2D eigenvalue weighted by Gasteiger charge is 2.30. The van der Waals surface area contributed by atoms with E-state index in [0.29, 0.717) is 18.1 Å². The average Bonchev–Trinajstić information content (AvgIpc) is 2.14. The largest absolute Gasteiger partial charge is 0.481 e. The lowest BCUT2D eigenvalue weighted by atomic mass is 10.2. The molecule has 1 heterocycles. The van der Waals surface area contributed by atoms with E-state index in [4.69, 9.17) is 5.11 Å². The van der Waals surface area contributed by atoms with Gasteiger partial charge in [0.05, 0.1) is 12.5 Å². The number of aliphatic carboxylic acids is 1. The fraction of sp³-hybridized carbons (Fsp3) is 0.778. The van der Waals surface area contributed by atoms with E-state index in [1.807, 2.05) is 0 Å². The van der Waals surface area contributed by atoms with Crippen molar-refractivity contribution in [1.82, 2.24) is 4.90 Å². The van der Waals surface area contributed by atoms with Crippen LogP contribution in [-0.2, 0) is 19.4 Å². The third kappa shape index (κ3) is 4.95. The quantitative estimate of drug-likeness (QED) is 0.743. The second-order valence-electron chi connectivity index (χ2n) is 3.98. The van der Waals surface area contributed by atoms with Gasteiger partial charge in [-0.05, 0) is 0 Å². The zero-order valence-electron chi connectivity index (χ0n) is 9.46. The molecule has 0 radical (unpaired) electrons. The number of amides is 1. The van der Waals surface area contributed by atoms with Crippen LogP contribution >= 0.6 is 11.8 Å². The summed E-state index contributed by atoms with van der Waals surface area (Å²) in [5, 5.41) is 8.73. The summed E-state index contributed by atoms with van der Waals surface area (Å²) in [5.41, 5.74) is 0. The monoisotopic (exact) mass is 281 g/mol. The smallest absolute Gasteiger partial charge is 0.305 e. The Kier molecular flexibility index (Phi) is 4.81. The van der Waals surface area contributed by atoms with Crippen molar-refractivity contribution in [2.45, 2.75) is 12.5 Å². The van der Waals surface area contributed by atoms with Crippen molar-refractivity contribution in [3.8, 4) is 0 Å². The van der Waals surface area contributed by atoms with Gasteiger partial charge in [0.25, 0.3) is 0 Å². The molecule has 1 fully saturated rings. The second kappa shape index (κ2) is 5.72. The molecule has 0 bridgehead atoms. The third-order valence-corrected chi connectivity index (χ3v) is 4.21. The van der Waals surface area contributed by atoms with E-state index in [9.17, 15) is 18.0 Å². The van der Waals surface area contributed by atoms with Crippen LogP contribution in [-0.4, -0.2) is 66.4 Å². The molecule has 0 aliphatic carbocycles. The highest BCUT2D eigenvalue weighted by atomic mass is 32.2. The second-order valence-corrected chi connectivity index (χ2v) is 7.27. The number of carboxylic acid groups (broad SMARTS) is 1. The number of thioether (sulfide) groups is 1. The van der Waals surface area contributed by atoms with Gasteiger partial charge < -0.3 is 10.0 Å². The van der Waals surface area contributed by atoms with Crippen molar-refractivity contribution in [1.29, 1.82) is 0 Å². The molecule has 1 aliphatic rings. The van der Waals surface area contributed by atoms with Crippen LogP contribution in [0.25, 0.3) is 0 Å². The summed E-state index contributed by atoms with van der Waals surface area (Å²) in [5.74, 6) is -0.769. The molecule has 1 aliphatic heterocycles. The molecule has 0 aromatic heterocycles. The predicted molar refractivity (Wildman–Crippen MR) is 64.8 cm³/mol. The van der Waals surface area contributed by atoms with Crippen molar-refractivity contribution in [3.05, 3.63) is 0 Å². The van der Waals surface area contributed by atoms with E-state index in [1.165, 1.54) is 4.90 Å². The number of hydrogen-bond donors (Lipinski definition) is 1. The van der Waals surface area contributed by atoms with Gasteiger partial charge in [-0.15, -0.1) is 0 Å². The van der Waals surface area contributed by atoms with Gasteiger partial charge in [0.2, 0.25) is 5.91 Å². The molecule has 6 nitrogen and oxygen atoms in total. The molecule has 0 saturated carbocycles. The van der Waals surface area contributed by atoms with Gasteiger partial charge in [-0.25, -0.2) is 8.42 Å². The Hall–Kier alpha value is -0.760. The molecule has 1 amide bonds. The number of rotatable bonds is 4. The highest BCUT2D eigenvalue weighted by molar-refractivity contribution is 7.99. The Morgan fingerprint density at radius 2 is 2.12 bits per heavy atom. The SMILES string of the molecule is CS(=O)(=O)CC(=O)N1CCSCC1CC(=O)O. The minimum atomic E-state index is -3.37. The molecule has 17 heavy (non-hydrogen) atoms. The number of carbonyl (C=O) groups excluding carboxylic acids is 1. The zero-order chi connectivity index (χ0) is 13.1. The number of carboxylic acids is 1. The normalized spacial score (nSPS) is 21.2. The van der Waals surface area contributed by atoms with E-state index in [-0.39, 0.29) is 6.42 Å². The predicted octanol–water partition coefficient (Wildman–Crippen LogP) is -0.550. The van der Waals surface area contributed by atoms with Crippen LogP contribution in [0.4, 0.5) is 0 Å². The molecule has 0 aromatic rings. The molecule has 98 valence electrons. The Morgan fingerprint density at radius 3 is 2.65 bits per heavy atom. The van der Waals surface area contributed by atoms with E-state index >= 15 is 0 Å². The third-order valence-electron chi connectivity index (χ3n) is 2.34. The molecular weight excluding hydrogens is 266 g/mol. The lowest BCUT2D eigenvalue weighted by Gasteiger charge is -2.34. The summed E-state index contributed by atoms with van der Waals surface area (Å²) in [6.45, 7) is 0.414. The maximum atomic E-state index is 11.8. The Morgan fingerprint density at radius 1 is 1.47 bits per heavy atom. The summed E-state index contributed by atoms with van der Waals surface area (Å²) in [4.78, 5) is 23.8. The van der Waals surface area contributed by atoms with Crippen LogP contribution in [0.2, 0.25) is 0 Å². The number of sulfone groups is 1. The molecule has 1 N–H and O–H groups in total. The van der Waals surface area contributed by atoms with Crippen molar-refractivity contribution < 1.29 is 23.1 Å². The maximum Gasteiger partial charge on any atom is 0.305 e. The van der Waals surface area contributed by atoms with Gasteiger partial charge in [0.1, 0.15) is 5.75 Å². The first-order valence-electron chi connectivity index (χ1n) is 5.06. The van der Waals surface area contributed by atoms with E-state index < -0.39 is 33.5 Å². The fourth-order valence-corrected chi connectivity index (χ4v) is 3.34. The van der Waals surface area contributed by atoms with Crippen molar-refractivity contribution in [2.24, 2.45) is 0 Å². The van der Waals surface area contributed by atoms with Gasteiger partial charge in [-0.1, -0.05) is 0 Å². The molecular formula is C9H15NO5S2. The Balaban J connectivity index is 2.70. The van der Waals surface area contributed by atoms with Crippen LogP contribution < -0.4 is 0 Å². The van der Waals surface area contributed by atoms with Crippen molar-refractivity contribution in [2.75, 3.05) is 30.1 Å². The van der Waals surface area contributed by atoms with Gasteiger partial charge in [-0.2, -0.15) is 11.8 Å². The number of nitrogens with zero attached hydrogens (tertiary/aromatic N) is 1. The van der Waals surface area contributed by atoms with Crippen LogP contribution in [0.3, 0.4) is 0 Å². The average molecular weight is 281 g/mol. The molecule has 0 aromatic carbocycles. The van der Waals surface area contributed by atoms with Gasteiger partial charge in [0, 0.05) is 24.3 Å². The van der Waals surface area contributed by atoms with Crippen LogP contribution in [0, 0.1) is 0 Å². The maximum absolute atomic E-state index is 11.8. The first kappa shape index (κ1) is 14.3. The van der Waals surface area contributed by atoms with Gasteiger partial charge in [0.15, 0.2) is 9.84 Å². The molecule has 1 rings (SSSR count). The van der Waals surface area contributed by atoms with E-state index in [2.05, 4.69) is 0 Å². The lowest BCUT2D eigenvalue weighted by molar-refractivity contribution is -0.139. The molecule has 0 spiro atoms. The minimum absolute atomic E-state index is 0.136. The van der Waals surface area contributed by atoms with E-state index in [1.54, 1.807) is 11.8 Å². The topological polar surface area (TPSA) is 91.8 Å². The minimum Gasteiger partial charge on any atom is -0.481 e. The molecule has 8 heteroatoms.